The molecule has 0 fully saturated rings. The second-order valence-corrected chi connectivity index (χ2v) is 5.18. The summed E-state index contributed by atoms with van der Waals surface area (Å²) in [4.78, 5) is 0. The minimum absolute atomic E-state index is 0.175. The van der Waals surface area contributed by atoms with Gasteiger partial charge >= 0.3 is 6.61 Å². The van der Waals surface area contributed by atoms with Crippen molar-refractivity contribution in [2.45, 2.75) is 32.4 Å². The summed E-state index contributed by atoms with van der Waals surface area (Å²) in [6, 6.07) is 13.2. The van der Waals surface area contributed by atoms with E-state index in [2.05, 4.69) is 28.3 Å². The zero-order valence-corrected chi connectivity index (χ0v) is 11.6. The third-order valence-electron chi connectivity index (χ3n) is 3.75. The van der Waals surface area contributed by atoms with Crippen LogP contribution in [0.5, 0.6) is 5.75 Å². The summed E-state index contributed by atoms with van der Waals surface area (Å²) < 4.78 is 29.2. The number of ether oxygens (including phenoxy) is 1. The van der Waals surface area contributed by atoms with Crippen LogP contribution in [-0.2, 0) is 19.4 Å². The summed E-state index contributed by atoms with van der Waals surface area (Å²) in [7, 11) is 0. The molecule has 2 nitrogen and oxygen atoms in total. The standard InChI is InChI=1S/C17H17F2NO/c18-17(19)21-16-7-2-1-6-15(16)20-11-12-8-9-13-4-3-5-14(13)10-12/h1-2,6-10,17,20H,3-5,11H2. The summed E-state index contributed by atoms with van der Waals surface area (Å²) in [6.07, 6.45) is 3.51. The molecule has 0 heterocycles. The molecule has 3 rings (SSSR count). The van der Waals surface area contributed by atoms with Gasteiger partial charge in [-0.1, -0.05) is 30.3 Å². The van der Waals surface area contributed by atoms with Crippen molar-refractivity contribution < 1.29 is 13.5 Å². The Labute approximate surface area is 122 Å². The van der Waals surface area contributed by atoms with Crippen molar-refractivity contribution in [2.24, 2.45) is 0 Å². The first-order valence-electron chi connectivity index (χ1n) is 7.11. The third kappa shape index (κ3) is 3.32. The Kier molecular flexibility index (Phi) is 4.04. The number of rotatable bonds is 5. The molecule has 0 saturated carbocycles. The molecule has 2 aromatic rings. The number of benzene rings is 2. The van der Waals surface area contributed by atoms with E-state index in [1.54, 1.807) is 18.2 Å². The largest absolute Gasteiger partial charge is 0.433 e. The van der Waals surface area contributed by atoms with E-state index in [0.29, 0.717) is 12.2 Å². The van der Waals surface area contributed by atoms with Crippen LogP contribution in [0, 0.1) is 0 Å². The van der Waals surface area contributed by atoms with Gasteiger partial charge in [0.1, 0.15) is 5.75 Å². The molecule has 1 aliphatic carbocycles. The highest BCUT2D eigenvalue weighted by Crippen LogP contribution is 2.27. The number of fused-ring (bicyclic) bond motifs is 1. The SMILES string of the molecule is FC(F)Oc1ccccc1NCc1ccc2c(c1)CCC2. The molecular formula is C17H17F2NO. The fourth-order valence-corrected chi connectivity index (χ4v) is 2.74. The van der Waals surface area contributed by atoms with Gasteiger partial charge in [0.15, 0.2) is 0 Å². The number of para-hydroxylation sites is 2. The third-order valence-corrected chi connectivity index (χ3v) is 3.75. The monoisotopic (exact) mass is 289 g/mol. The van der Waals surface area contributed by atoms with Gasteiger partial charge in [0.05, 0.1) is 5.69 Å². The lowest BCUT2D eigenvalue weighted by Crippen LogP contribution is -2.06. The Morgan fingerprint density at radius 2 is 1.86 bits per heavy atom. The van der Waals surface area contributed by atoms with E-state index in [9.17, 15) is 8.78 Å². The molecule has 0 aromatic heterocycles. The maximum Gasteiger partial charge on any atom is 0.387 e. The fourth-order valence-electron chi connectivity index (χ4n) is 2.74. The van der Waals surface area contributed by atoms with E-state index in [1.807, 2.05) is 0 Å². The number of anilines is 1. The summed E-state index contributed by atoms with van der Waals surface area (Å²) in [5, 5.41) is 3.17. The molecule has 0 bridgehead atoms. The summed E-state index contributed by atoms with van der Waals surface area (Å²) in [5.74, 6) is 0.175. The summed E-state index contributed by atoms with van der Waals surface area (Å²) >= 11 is 0. The lowest BCUT2D eigenvalue weighted by molar-refractivity contribution is -0.0493. The Bertz CT molecular complexity index is 628. The molecule has 0 amide bonds. The van der Waals surface area contributed by atoms with E-state index in [1.165, 1.54) is 23.6 Å². The van der Waals surface area contributed by atoms with Crippen LogP contribution < -0.4 is 10.1 Å². The Balaban J connectivity index is 1.70. The molecule has 0 unspecified atom stereocenters. The van der Waals surface area contributed by atoms with Crippen molar-refractivity contribution in [1.29, 1.82) is 0 Å². The molecular weight excluding hydrogens is 272 g/mol. The van der Waals surface area contributed by atoms with E-state index in [4.69, 9.17) is 0 Å². The maximum atomic E-state index is 12.4. The number of alkyl halides is 2. The number of hydrogen-bond acceptors (Lipinski definition) is 2. The predicted octanol–water partition coefficient (Wildman–Crippen LogP) is 4.39. The number of hydrogen-bond donors (Lipinski definition) is 1. The first-order valence-corrected chi connectivity index (χ1v) is 7.11. The van der Waals surface area contributed by atoms with Gasteiger partial charge in [0, 0.05) is 6.54 Å². The van der Waals surface area contributed by atoms with Gasteiger partial charge in [-0.25, -0.2) is 0 Å². The van der Waals surface area contributed by atoms with Crippen LogP contribution in [0.4, 0.5) is 14.5 Å². The smallest absolute Gasteiger partial charge is 0.387 e. The molecule has 0 spiro atoms. The molecule has 21 heavy (non-hydrogen) atoms. The van der Waals surface area contributed by atoms with Gasteiger partial charge < -0.3 is 10.1 Å². The van der Waals surface area contributed by atoms with Crippen LogP contribution in [0.1, 0.15) is 23.1 Å². The van der Waals surface area contributed by atoms with Crippen LogP contribution in [0.15, 0.2) is 42.5 Å². The highest BCUT2D eigenvalue weighted by molar-refractivity contribution is 5.56. The molecule has 2 aromatic carbocycles. The van der Waals surface area contributed by atoms with Crippen molar-refractivity contribution in [1.82, 2.24) is 0 Å². The first-order chi connectivity index (χ1) is 10.2. The second-order valence-electron chi connectivity index (χ2n) is 5.18. The molecule has 0 radical (unpaired) electrons. The van der Waals surface area contributed by atoms with Crippen LogP contribution in [0.3, 0.4) is 0 Å². The van der Waals surface area contributed by atoms with Gasteiger partial charge in [-0.15, -0.1) is 0 Å². The minimum Gasteiger partial charge on any atom is -0.433 e. The average molecular weight is 289 g/mol. The topological polar surface area (TPSA) is 21.3 Å². The Hall–Kier alpha value is -2.10. The molecule has 1 aliphatic rings. The van der Waals surface area contributed by atoms with Gasteiger partial charge in [-0.3, -0.25) is 0 Å². The van der Waals surface area contributed by atoms with Gasteiger partial charge in [0.25, 0.3) is 0 Å². The van der Waals surface area contributed by atoms with E-state index >= 15 is 0 Å². The van der Waals surface area contributed by atoms with Gasteiger partial charge in [0.2, 0.25) is 0 Å². The highest BCUT2D eigenvalue weighted by Gasteiger charge is 2.12. The molecule has 1 N–H and O–H groups in total. The summed E-state index contributed by atoms with van der Waals surface area (Å²) in [5.41, 5.74) is 4.58. The zero-order chi connectivity index (χ0) is 14.7. The van der Waals surface area contributed by atoms with Crippen LogP contribution in [0.2, 0.25) is 0 Å². The first kappa shape index (κ1) is 13.9. The molecule has 4 heteroatoms. The van der Waals surface area contributed by atoms with Crippen molar-refractivity contribution in [3.63, 3.8) is 0 Å². The quantitative estimate of drug-likeness (QED) is 0.881. The van der Waals surface area contributed by atoms with E-state index in [0.717, 1.165) is 18.4 Å². The maximum absolute atomic E-state index is 12.4. The molecule has 110 valence electrons. The highest BCUT2D eigenvalue weighted by atomic mass is 19.3. The van der Waals surface area contributed by atoms with Gasteiger partial charge in [-0.2, -0.15) is 8.78 Å². The Morgan fingerprint density at radius 3 is 2.71 bits per heavy atom. The zero-order valence-electron chi connectivity index (χ0n) is 11.6. The number of aryl methyl sites for hydroxylation is 2. The minimum atomic E-state index is -2.81. The van der Waals surface area contributed by atoms with Gasteiger partial charge in [-0.05, 0) is 48.1 Å². The van der Waals surface area contributed by atoms with Crippen molar-refractivity contribution in [3.8, 4) is 5.75 Å². The van der Waals surface area contributed by atoms with Crippen LogP contribution in [-0.4, -0.2) is 6.61 Å². The second kappa shape index (κ2) is 6.12. The van der Waals surface area contributed by atoms with E-state index < -0.39 is 6.61 Å². The number of nitrogens with one attached hydrogen (secondary N) is 1. The van der Waals surface area contributed by atoms with Crippen LogP contribution in [0.25, 0.3) is 0 Å². The molecule has 0 saturated heterocycles. The lowest BCUT2D eigenvalue weighted by atomic mass is 10.1. The number of halogens is 2. The fraction of sp³-hybridized carbons (Fsp3) is 0.294. The Morgan fingerprint density at radius 1 is 1.05 bits per heavy atom. The average Bonchev–Trinajstić information content (AvgIpc) is 2.93. The predicted molar refractivity (Wildman–Crippen MR) is 78.9 cm³/mol. The lowest BCUT2D eigenvalue weighted by Gasteiger charge is -2.13. The molecule has 0 aliphatic heterocycles. The van der Waals surface area contributed by atoms with Crippen LogP contribution >= 0.6 is 0 Å². The normalized spacial score (nSPS) is 13.3. The molecule has 0 atom stereocenters. The van der Waals surface area contributed by atoms with Crippen molar-refractivity contribution in [3.05, 3.63) is 59.2 Å². The van der Waals surface area contributed by atoms with Crippen molar-refractivity contribution in [2.75, 3.05) is 5.32 Å². The van der Waals surface area contributed by atoms with E-state index in [-0.39, 0.29) is 5.75 Å². The van der Waals surface area contributed by atoms with Crippen molar-refractivity contribution >= 4 is 5.69 Å². The summed E-state index contributed by atoms with van der Waals surface area (Å²) in [6.45, 7) is -2.22.